The molecular weight excluding hydrogens is 184 g/mol. The van der Waals surface area contributed by atoms with Crippen molar-refractivity contribution in [2.45, 2.75) is 20.4 Å². The molecule has 1 aromatic rings. The van der Waals surface area contributed by atoms with Crippen LogP contribution in [-0.2, 0) is 6.54 Å². The summed E-state index contributed by atoms with van der Waals surface area (Å²) in [5.74, 6) is 0.201. The molecule has 0 spiro atoms. The molecule has 6 nitrogen and oxygen atoms in total. The third-order valence-corrected chi connectivity index (χ3v) is 1.53. The van der Waals surface area contributed by atoms with Crippen LogP contribution in [0.1, 0.15) is 30.4 Å². The molecule has 0 unspecified atom stereocenters. The largest absolute Gasteiger partial charge is 0.349 e. The number of aromatic nitrogens is 2. The molecule has 0 aliphatic carbocycles. The lowest BCUT2D eigenvalue weighted by atomic mass is 10.5. The standard InChI is InChI=1S/C8H14N4O2/c1-3-9-5-6-11-7(12-14-6)8(13)10-4-2/h9H,3-5H2,1-2H3,(H,10,13). The van der Waals surface area contributed by atoms with Crippen LogP contribution >= 0.6 is 0 Å². The lowest BCUT2D eigenvalue weighted by Gasteiger charge is -1.94. The number of rotatable bonds is 5. The van der Waals surface area contributed by atoms with Crippen molar-refractivity contribution in [3.8, 4) is 0 Å². The van der Waals surface area contributed by atoms with E-state index in [-0.39, 0.29) is 11.7 Å². The van der Waals surface area contributed by atoms with Crippen molar-refractivity contribution in [2.75, 3.05) is 13.1 Å². The minimum atomic E-state index is -0.306. The van der Waals surface area contributed by atoms with Crippen molar-refractivity contribution in [1.29, 1.82) is 0 Å². The Hall–Kier alpha value is -1.43. The third kappa shape index (κ3) is 2.81. The predicted octanol–water partition coefficient (Wildman–Crippen LogP) is -0.0712. The molecule has 78 valence electrons. The Labute approximate surface area is 82.1 Å². The summed E-state index contributed by atoms with van der Waals surface area (Å²) in [6.45, 7) is 5.66. The molecular formula is C8H14N4O2. The van der Waals surface area contributed by atoms with Crippen molar-refractivity contribution < 1.29 is 9.32 Å². The van der Waals surface area contributed by atoms with Crippen molar-refractivity contribution in [1.82, 2.24) is 20.8 Å². The van der Waals surface area contributed by atoms with E-state index >= 15 is 0 Å². The fraction of sp³-hybridized carbons (Fsp3) is 0.625. The number of hydrogen-bond donors (Lipinski definition) is 2. The Balaban J connectivity index is 2.54. The van der Waals surface area contributed by atoms with Gasteiger partial charge in [0.25, 0.3) is 11.7 Å². The van der Waals surface area contributed by atoms with Crippen LogP contribution in [0.2, 0.25) is 0 Å². The molecule has 2 N–H and O–H groups in total. The highest BCUT2D eigenvalue weighted by atomic mass is 16.5. The van der Waals surface area contributed by atoms with Crippen LogP contribution in [0.3, 0.4) is 0 Å². The molecule has 1 aromatic heterocycles. The van der Waals surface area contributed by atoms with Crippen molar-refractivity contribution in [2.24, 2.45) is 0 Å². The summed E-state index contributed by atoms with van der Waals surface area (Å²) in [7, 11) is 0. The van der Waals surface area contributed by atoms with E-state index in [2.05, 4.69) is 20.8 Å². The molecule has 1 rings (SSSR count). The molecule has 0 aliphatic heterocycles. The topological polar surface area (TPSA) is 80.0 Å². The summed E-state index contributed by atoms with van der Waals surface area (Å²) >= 11 is 0. The van der Waals surface area contributed by atoms with Crippen LogP contribution in [0.5, 0.6) is 0 Å². The molecule has 1 amide bonds. The Morgan fingerprint density at radius 1 is 1.43 bits per heavy atom. The number of nitrogens with zero attached hydrogens (tertiary/aromatic N) is 2. The molecule has 0 aromatic carbocycles. The maximum atomic E-state index is 11.2. The van der Waals surface area contributed by atoms with Gasteiger partial charge in [-0.25, -0.2) is 0 Å². The fourth-order valence-corrected chi connectivity index (χ4v) is 0.890. The van der Waals surface area contributed by atoms with Gasteiger partial charge >= 0.3 is 0 Å². The molecule has 0 fully saturated rings. The molecule has 0 radical (unpaired) electrons. The van der Waals surface area contributed by atoms with Crippen molar-refractivity contribution in [3.63, 3.8) is 0 Å². The van der Waals surface area contributed by atoms with E-state index in [1.807, 2.05) is 13.8 Å². The lowest BCUT2D eigenvalue weighted by molar-refractivity contribution is 0.0942. The average Bonchev–Trinajstić information content (AvgIpc) is 2.63. The molecule has 0 saturated heterocycles. The van der Waals surface area contributed by atoms with Gasteiger partial charge < -0.3 is 15.2 Å². The Morgan fingerprint density at radius 2 is 2.21 bits per heavy atom. The van der Waals surface area contributed by atoms with E-state index in [0.29, 0.717) is 19.0 Å². The zero-order valence-electron chi connectivity index (χ0n) is 8.33. The quantitative estimate of drug-likeness (QED) is 0.692. The van der Waals surface area contributed by atoms with Crippen LogP contribution in [0.4, 0.5) is 0 Å². The molecule has 0 atom stereocenters. The second-order valence-corrected chi connectivity index (χ2v) is 2.65. The highest BCUT2D eigenvalue weighted by Crippen LogP contribution is 1.96. The smallest absolute Gasteiger partial charge is 0.292 e. The number of amides is 1. The first kappa shape index (κ1) is 10.6. The summed E-state index contributed by atoms with van der Waals surface area (Å²) in [6.07, 6.45) is 0. The summed E-state index contributed by atoms with van der Waals surface area (Å²) < 4.78 is 4.85. The first-order valence-corrected chi connectivity index (χ1v) is 4.59. The van der Waals surface area contributed by atoms with E-state index in [1.54, 1.807) is 0 Å². The van der Waals surface area contributed by atoms with E-state index in [1.165, 1.54) is 0 Å². The van der Waals surface area contributed by atoms with Gasteiger partial charge in [-0.3, -0.25) is 4.79 Å². The maximum absolute atomic E-state index is 11.2. The SMILES string of the molecule is CCNCc1nc(C(=O)NCC)no1. The Morgan fingerprint density at radius 3 is 2.86 bits per heavy atom. The van der Waals surface area contributed by atoms with Gasteiger partial charge in [0, 0.05) is 6.54 Å². The summed E-state index contributed by atoms with van der Waals surface area (Å²) in [4.78, 5) is 15.1. The highest BCUT2D eigenvalue weighted by Gasteiger charge is 2.12. The van der Waals surface area contributed by atoms with Gasteiger partial charge in [0.15, 0.2) is 0 Å². The summed E-state index contributed by atoms with van der Waals surface area (Å²) in [5, 5.41) is 9.16. The molecule has 0 aliphatic rings. The van der Waals surface area contributed by atoms with Crippen LogP contribution < -0.4 is 10.6 Å². The van der Waals surface area contributed by atoms with Crippen LogP contribution in [-0.4, -0.2) is 29.1 Å². The number of carbonyl (C=O) groups is 1. The average molecular weight is 198 g/mol. The molecule has 1 heterocycles. The van der Waals surface area contributed by atoms with E-state index < -0.39 is 0 Å². The highest BCUT2D eigenvalue weighted by molar-refractivity contribution is 5.90. The van der Waals surface area contributed by atoms with Crippen molar-refractivity contribution in [3.05, 3.63) is 11.7 Å². The fourth-order valence-electron chi connectivity index (χ4n) is 0.890. The minimum absolute atomic E-state index is 0.0831. The van der Waals surface area contributed by atoms with E-state index in [0.717, 1.165) is 6.54 Å². The van der Waals surface area contributed by atoms with Gasteiger partial charge in [-0.1, -0.05) is 12.1 Å². The van der Waals surface area contributed by atoms with Crippen LogP contribution in [0.15, 0.2) is 4.52 Å². The zero-order chi connectivity index (χ0) is 10.4. The number of carbonyl (C=O) groups excluding carboxylic acids is 1. The van der Waals surface area contributed by atoms with Gasteiger partial charge in [-0.15, -0.1) is 0 Å². The second kappa shape index (κ2) is 5.33. The Kier molecular flexibility index (Phi) is 4.06. The zero-order valence-corrected chi connectivity index (χ0v) is 8.33. The minimum Gasteiger partial charge on any atom is -0.349 e. The van der Waals surface area contributed by atoms with Gasteiger partial charge in [-0.05, 0) is 13.5 Å². The van der Waals surface area contributed by atoms with Crippen molar-refractivity contribution >= 4 is 5.91 Å². The summed E-state index contributed by atoms with van der Waals surface area (Å²) in [5.41, 5.74) is 0. The first-order chi connectivity index (χ1) is 6.77. The molecule has 0 bridgehead atoms. The Bertz CT molecular complexity index is 297. The number of nitrogens with one attached hydrogen (secondary N) is 2. The van der Waals surface area contributed by atoms with Crippen LogP contribution in [0, 0.1) is 0 Å². The molecule has 14 heavy (non-hydrogen) atoms. The van der Waals surface area contributed by atoms with Gasteiger partial charge in [-0.2, -0.15) is 4.98 Å². The third-order valence-electron chi connectivity index (χ3n) is 1.53. The summed E-state index contributed by atoms with van der Waals surface area (Å²) in [6, 6.07) is 0. The monoisotopic (exact) mass is 198 g/mol. The molecule has 0 saturated carbocycles. The van der Waals surface area contributed by atoms with E-state index in [9.17, 15) is 4.79 Å². The van der Waals surface area contributed by atoms with Crippen LogP contribution in [0.25, 0.3) is 0 Å². The number of hydrogen-bond acceptors (Lipinski definition) is 5. The van der Waals surface area contributed by atoms with Gasteiger partial charge in [0.05, 0.1) is 6.54 Å². The lowest BCUT2D eigenvalue weighted by Crippen LogP contribution is -2.24. The second-order valence-electron chi connectivity index (χ2n) is 2.65. The van der Waals surface area contributed by atoms with E-state index in [4.69, 9.17) is 4.52 Å². The van der Waals surface area contributed by atoms with Gasteiger partial charge in [0.2, 0.25) is 5.89 Å². The first-order valence-electron chi connectivity index (χ1n) is 4.59. The van der Waals surface area contributed by atoms with Gasteiger partial charge in [0.1, 0.15) is 0 Å². The normalized spacial score (nSPS) is 10.1. The molecule has 6 heteroatoms. The predicted molar refractivity (Wildman–Crippen MR) is 49.7 cm³/mol. The maximum Gasteiger partial charge on any atom is 0.292 e.